The monoisotopic (exact) mass is 182 g/mol. The Hall–Kier alpha value is -0.960. The lowest BCUT2D eigenvalue weighted by Gasteiger charge is -2.13. The summed E-state index contributed by atoms with van der Waals surface area (Å²) >= 11 is 5.04. The number of carbonyl (C=O) groups is 1. The van der Waals surface area contributed by atoms with Crippen LogP contribution in [0.15, 0.2) is 23.8 Å². The van der Waals surface area contributed by atoms with E-state index in [1.54, 1.807) is 13.0 Å². The molecule has 12 heavy (non-hydrogen) atoms. The molecule has 2 nitrogen and oxygen atoms in total. The molecule has 0 saturated carbocycles. The van der Waals surface area contributed by atoms with Crippen LogP contribution in [0.1, 0.15) is 13.3 Å². The van der Waals surface area contributed by atoms with Crippen LogP contribution < -0.4 is 0 Å². The van der Waals surface area contributed by atoms with Gasteiger partial charge in [-0.05, 0) is 12.5 Å². The summed E-state index contributed by atoms with van der Waals surface area (Å²) in [6.45, 7) is 1.65. The second kappa shape index (κ2) is 3.63. The minimum Gasteiger partial charge on any atom is -0.481 e. The van der Waals surface area contributed by atoms with E-state index < -0.39 is 11.9 Å². The van der Waals surface area contributed by atoms with Crippen LogP contribution in [0.5, 0.6) is 0 Å². The van der Waals surface area contributed by atoms with Crippen molar-refractivity contribution in [2.24, 2.45) is 5.92 Å². The summed E-state index contributed by atoms with van der Waals surface area (Å²) < 4.78 is 0. The Balaban J connectivity index is 2.86. The van der Waals surface area contributed by atoms with Gasteiger partial charge in [-0.2, -0.15) is 0 Å². The highest BCUT2D eigenvalue weighted by atomic mass is 32.1. The Kier molecular flexibility index (Phi) is 2.76. The Morgan fingerprint density at radius 3 is 2.92 bits per heavy atom. The average Bonchev–Trinajstić information content (AvgIpc) is 2.04. The molecule has 0 spiro atoms. The van der Waals surface area contributed by atoms with Gasteiger partial charge in [-0.15, -0.1) is 0 Å². The van der Waals surface area contributed by atoms with Gasteiger partial charge in [0, 0.05) is 11.3 Å². The van der Waals surface area contributed by atoms with Crippen molar-refractivity contribution in [1.82, 2.24) is 0 Å². The Bertz CT molecular complexity index is 276. The Labute approximate surface area is 76.6 Å². The number of allylic oxidation sites excluding steroid dienone is 3. The van der Waals surface area contributed by atoms with E-state index in [0.29, 0.717) is 6.42 Å². The fourth-order valence-corrected chi connectivity index (χ4v) is 1.42. The van der Waals surface area contributed by atoms with Crippen molar-refractivity contribution in [3.8, 4) is 0 Å². The standard InChI is InChI=1S/C9H10O2S/c1-6(9(10)11)7-4-2-3-5-8(7)12/h2-4,6H,5H2,1H3,(H,10,11). The van der Waals surface area contributed by atoms with Crippen LogP contribution in [-0.4, -0.2) is 15.9 Å². The van der Waals surface area contributed by atoms with Crippen LogP contribution in [0.25, 0.3) is 0 Å². The van der Waals surface area contributed by atoms with Crippen molar-refractivity contribution in [3.63, 3.8) is 0 Å². The molecule has 0 saturated heterocycles. The SMILES string of the molecule is CC(C(=O)O)C1=CC=CCC1=S. The molecule has 0 aromatic rings. The van der Waals surface area contributed by atoms with Gasteiger partial charge in [-0.1, -0.05) is 30.4 Å². The molecule has 1 rings (SSSR count). The van der Waals surface area contributed by atoms with E-state index in [0.717, 1.165) is 10.4 Å². The summed E-state index contributed by atoms with van der Waals surface area (Å²) in [6.07, 6.45) is 6.26. The zero-order valence-corrected chi connectivity index (χ0v) is 7.60. The molecule has 1 atom stereocenters. The van der Waals surface area contributed by atoms with Crippen molar-refractivity contribution >= 4 is 23.1 Å². The van der Waals surface area contributed by atoms with Crippen LogP contribution in [0.4, 0.5) is 0 Å². The van der Waals surface area contributed by atoms with Crippen molar-refractivity contribution in [1.29, 1.82) is 0 Å². The summed E-state index contributed by atoms with van der Waals surface area (Å²) in [5, 5.41) is 8.73. The van der Waals surface area contributed by atoms with Gasteiger partial charge in [0.25, 0.3) is 0 Å². The summed E-state index contributed by atoms with van der Waals surface area (Å²) in [5.74, 6) is -1.30. The van der Waals surface area contributed by atoms with Crippen molar-refractivity contribution < 1.29 is 9.90 Å². The van der Waals surface area contributed by atoms with Gasteiger partial charge in [0.1, 0.15) is 0 Å². The smallest absolute Gasteiger partial charge is 0.310 e. The first-order chi connectivity index (χ1) is 5.63. The van der Waals surface area contributed by atoms with E-state index in [2.05, 4.69) is 0 Å². The molecule has 0 amide bonds. The molecule has 0 fully saturated rings. The molecule has 1 N–H and O–H groups in total. The molecule has 64 valence electrons. The van der Waals surface area contributed by atoms with Gasteiger partial charge in [0.2, 0.25) is 0 Å². The number of hydrogen-bond donors (Lipinski definition) is 1. The van der Waals surface area contributed by atoms with Gasteiger partial charge in [-0.25, -0.2) is 0 Å². The van der Waals surface area contributed by atoms with Crippen LogP contribution in [0.2, 0.25) is 0 Å². The van der Waals surface area contributed by atoms with Crippen molar-refractivity contribution in [2.45, 2.75) is 13.3 Å². The van der Waals surface area contributed by atoms with Gasteiger partial charge < -0.3 is 5.11 Å². The van der Waals surface area contributed by atoms with E-state index in [-0.39, 0.29) is 0 Å². The highest BCUT2D eigenvalue weighted by Crippen LogP contribution is 2.18. The minimum atomic E-state index is -0.820. The molecule has 1 aliphatic rings. The maximum Gasteiger partial charge on any atom is 0.310 e. The number of rotatable bonds is 2. The van der Waals surface area contributed by atoms with Crippen molar-refractivity contribution in [3.05, 3.63) is 23.8 Å². The third-order valence-electron chi connectivity index (χ3n) is 1.87. The Morgan fingerprint density at radius 2 is 2.42 bits per heavy atom. The predicted molar refractivity (Wildman–Crippen MR) is 51.2 cm³/mol. The first kappa shape index (κ1) is 9.13. The highest BCUT2D eigenvalue weighted by Gasteiger charge is 2.19. The van der Waals surface area contributed by atoms with Crippen LogP contribution in [0.3, 0.4) is 0 Å². The Morgan fingerprint density at radius 1 is 1.75 bits per heavy atom. The lowest BCUT2D eigenvalue weighted by molar-refractivity contribution is -0.139. The first-order valence-corrected chi connectivity index (χ1v) is 4.16. The zero-order chi connectivity index (χ0) is 9.14. The second-order valence-corrected chi connectivity index (χ2v) is 3.23. The topological polar surface area (TPSA) is 37.3 Å². The third kappa shape index (κ3) is 1.80. The largest absolute Gasteiger partial charge is 0.481 e. The van der Waals surface area contributed by atoms with E-state index in [1.807, 2.05) is 12.2 Å². The fourth-order valence-electron chi connectivity index (χ4n) is 1.08. The van der Waals surface area contributed by atoms with Crippen molar-refractivity contribution in [2.75, 3.05) is 0 Å². The molecular formula is C9H10O2S. The summed E-state index contributed by atoms with van der Waals surface area (Å²) in [4.78, 5) is 11.4. The van der Waals surface area contributed by atoms with Gasteiger partial charge in [0.15, 0.2) is 0 Å². The molecule has 0 aliphatic heterocycles. The lowest BCUT2D eigenvalue weighted by atomic mass is 9.93. The number of carboxylic acid groups (broad SMARTS) is 1. The van der Waals surface area contributed by atoms with E-state index >= 15 is 0 Å². The zero-order valence-electron chi connectivity index (χ0n) is 6.78. The summed E-state index contributed by atoms with van der Waals surface area (Å²) in [5.41, 5.74) is 0.764. The van der Waals surface area contributed by atoms with Gasteiger partial charge in [-0.3, -0.25) is 4.79 Å². The maximum absolute atomic E-state index is 10.6. The molecule has 1 unspecified atom stereocenters. The second-order valence-electron chi connectivity index (χ2n) is 2.74. The van der Waals surface area contributed by atoms with Crippen LogP contribution in [0, 0.1) is 5.92 Å². The van der Waals surface area contributed by atoms with Gasteiger partial charge >= 0.3 is 5.97 Å². The average molecular weight is 182 g/mol. The lowest BCUT2D eigenvalue weighted by Crippen LogP contribution is -2.18. The molecule has 0 aromatic heterocycles. The minimum absolute atomic E-state index is 0.484. The van der Waals surface area contributed by atoms with E-state index in [4.69, 9.17) is 17.3 Å². The summed E-state index contributed by atoms with van der Waals surface area (Å²) in [6, 6.07) is 0. The number of aliphatic carboxylic acids is 1. The van der Waals surface area contributed by atoms with Crippen LogP contribution >= 0.6 is 12.2 Å². The predicted octanol–water partition coefficient (Wildman–Crippen LogP) is 1.96. The number of hydrogen-bond acceptors (Lipinski definition) is 2. The molecule has 1 aliphatic carbocycles. The third-order valence-corrected chi connectivity index (χ3v) is 2.28. The molecule has 3 heteroatoms. The molecular weight excluding hydrogens is 172 g/mol. The molecule has 0 radical (unpaired) electrons. The number of thiocarbonyl (C=S) groups is 1. The fraction of sp³-hybridized carbons (Fsp3) is 0.333. The first-order valence-electron chi connectivity index (χ1n) is 3.75. The normalized spacial score (nSPS) is 18.8. The number of carboxylic acids is 1. The molecule has 0 bridgehead atoms. The molecule has 0 heterocycles. The van der Waals surface area contributed by atoms with Crippen LogP contribution in [-0.2, 0) is 4.79 Å². The quantitative estimate of drug-likeness (QED) is 0.663. The molecule has 0 aromatic carbocycles. The van der Waals surface area contributed by atoms with Gasteiger partial charge in [0.05, 0.1) is 5.92 Å². The van der Waals surface area contributed by atoms with E-state index in [9.17, 15) is 4.79 Å². The summed E-state index contributed by atoms with van der Waals surface area (Å²) in [7, 11) is 0. The maximum atomic E-state index is 10.6. The highest BCUT2D eigenvalue weighted by molar-refractivity contribution is 7.80. The van der Waals surface area contributed by atoms with E-state index in [1.165, 1.54) is 0 Å².